The van der Waals surface area contributed by atoms with Gasteiger partial charge in [0, 0.05) is 6.42 Å². The number of hydrogen-bond donors (Lipinski definition) is 2. The molecule has 1 unspecified atom stereocenters. The average molecular weight is 318 g/mol. The summed E-state index contributed by atoms with van der Waals surface area (Å²) >= 11 is 0. The fraction of sp³-hybridized carbons (Fsp3) is 0.611. The van der Waals surface area contributed by atoms with Crippen molar-refractivity contribution >= 4 is 5.91 Å². The smallest absolute Gasteiger partial charge is 0.220 e. The van der Waals surface area contributed by atoms with Crippen molar-refractivity contribution in [1.29, 1.82) is 0 Å². The maximum absolute atomic E-state index is 12.2. The van der Waals surface area contributed by atoms with Gasteiger partial charge in [-0.05, 0) is 62.9 Å². The van der Waals surface area contributed by atoms with E-state index in [1.807, 2.05) is 25.1 Å². The molecule has 0 radical (unpaired) electrons. The van der Waals surface area contributed by atoms with E-state index in [1.54, 1.807) is 0 Å². The molecule has 2 aliphatic heterocycles. The summed E-state index contributed by atoms with van der Waals surface area (Å²) in [6, 6.07) is 5.85. The van der Waals surface area contributed by atoms with Crippen LogP contribution in [-0.4, -0.2) is 32.2 Å². The summed E-state index contributed by atoms with van der Waals surface area (Å²) < 4.78 is 11.1. The molecular weight excluding hydrogens is 292 g/mol. The molecule has 1 fully saturated rings. The summed E-state index contributed by atoms with van der Waals surface area (Å²) in [6.45, 7) is 5.34. The van der Waals surface area contributed by atoms with Crippen molar-refractivity contribution in [2.75, 3.05) is 26.3 Å². The minimum atomic E-state index is -0.0219. The van der Waals surface area contributed by atoms with Crippen LogP contribution >= 0.6 is 0 Å². The van der Waals surface area contributed by atoms with E-state index in [2.05, 4.69) is 10.6 Å². The molecule has 2 aliphatic rings. The Morgan fingerprint density at radius 1 is 1.26 bits per heavy atom. The summed E-state index contributed by atoms with van der Waals surface area (Å²) in [5, 5.41) is 6.45. The third kappa shape index (κ3) is 4.38. The van der Waals surface area contributed by atoms with Crippen LogP contribution in [0.4, 0.5) is 0 Å². The fourth-order valence-corrected chi connectivity index (χ4v) is 3.23. The molecule has 1 saturated heterocycles. The zero-order valence-corrected chi connectivity index (χ0v) is 13.8. The topological polar surface area (TPSA) is 59.6 Å². The lowest BCUT2D eigenvalue weighted by molar-refractivity contribution is -0.122. The number of rotatable bonds is 5. The van der Waals surface area contributed by atoms with Gasteiger partial charge in [-0.2, -0.15) is 0 Å². The number of benzene rings is 1. The van der Waals surface area contributed by atoms with Crippen molar-refractivity contribution in [1.82, 2.24) is 10.6 Å². The van der Waals surface area contributed by atoms with Gasteiger partial charge in [0.1, 0.15) is 13.2 Å². The van der Waals surface area contributed by atoms with Crippen LogP contribution in [0.3, 0.4) is 0 Å². The van der Waals surface area contributed by atoms with Crippen LogP contribution in [0.1, 0.15) is 44.2 Å². The Morgan fingerprint density at radius 3 is 2.78 bits per heavy atom. The first-order valence-electron chi connectivity index (χ1n) is 8.62. The van der Waals surface area contributed by atoms with E-state index in [1.165, 1.54) is 12.8 Å². The molecule has 126 valence electrons. The van der Waals surface area contributed by atoms with Crippen molar-refractivity contribution in [2.24, 2.45) is 5.92 Å². The van der Waals surface area contributed by atoms with Gasteiger partial charge in [0.05, 0.1) is 6.04 Å². The summed E-state index contributed by atoms with van der Waals surface area (Å²) in [5.74, 6) is 2.37. The van der Waals surface area contributed by atoms with E-state index in [4.69, 9.17) is 9.47 Å². The van der Waals surface area contributed by atoms with Crippen molar-refractivity contribution in [3.8, 4) is 11.5 Å². The monoisotopic (exact) mass is 318 g/mol. The number of nitrogens with one attached hydrogen (secondary N) is 2. The predicted octanol–water partition coefficient (Wildman–Crippen LogP) is 2.41. The van der Waals surface area contributed by atoms with E-state index in [-0.39, 0.29) is 11.9 Å². The number of ether oxygens (including phenoxy) is 2. The first-order chi connectivity index (χ1) is 11.2. The zero-order chi connectivity index (χ0) is 16.1. The largest absolute Gasteiger partial charge is 0.486 e. The molecule has 0 aromatic heterocycles. The molecule has 5 nitrogen and oxygen atoms in total. The minimum Gasteiger partial charge on any atom is -0.486 e. The molecule has 2 heterocycles. The van der Waals surface area contributed by atoms with Crippen LogP contribution < -0.4 is 20.1 Å². The minimum absolute atomic E-state index is 0.0219. The van der Waals surface area contributed by atoms with Gasteiger partial charge >= 0.3 is 0 Å². The SMILES string of the molecule is CC(NC(=O)CCC1CCNCC1)c1ccc2c(c1)OCCO2. The second-order valence-corrected chi connectivity index (χ2v) is 6.42. The molecule has 1 atom stereocenters. The lowest BCUT2D eigenvalue weighted by Gasteiger charge is -2.23. The lowest BCUT2D eigenvalue weighted by Crippen LogP contribution is -2.30. The Hall–Kier alpha value is -1.75. The maximum atomic E-state index is 12.2. The second kappa shape index (κ2) is 7.68. The quantitative estimate of drug-likeness (QED) is 0.875. The maximum Gasteiger partial charge on any atom is 0.220 e. The highest BCUT2D eigenvalue weighted by atomic mass is 16.6. The Labute approximate surface area is 137 Å². The van der Waals surface area contributed by atoms with E-state index < -0.39 is 0 Å². The molecule has 0 aliphatic carbocycles. The highest BCUT2D eigenvalue weighted by Crippen LogP contribution is 2.32. The van der Waals surface area contributed by atoms with Gasteiger partial charge in [-0.15, -0.1) is 0 Å². The summed E-state index contributed by atoms with van der Waals surface area (Å²) in [5.41, 5.74) is 1.05. The van der Waals surface area contributed by atoms with Gasteiger partial charge in [0.25, 0.3) is 0 Å². The fourth-order valence-electron chi connectivity index (χ4n) is 3.23. The highest BCUT2D eigenvalue weighted by molar-refractivity contribution is 5.76. The number of piperidine rings is 1. The first kappa shape index (κ1) is 16.1. The molecule has 1 amide bonds. The van der Waals surface area contributed by atoms with Crippen LogP contribution in [-0.2, 0) is 4.79 Å². The second-order valence-electron chi connectivity index (χ2n) is 6.42. The van der Waals surface area contributed by atoms with Crippen LogP contribution in [0.2, 0.25) is 0 Å². The van der Waals surface area contributed by atoms with E-state index in [0.717, 1.165) is 36.6 Å². The molecule has 2 N–H and O–H groups in total. The van der Waals surface area contributed by atoms with Crippen molar-refractivity contribution in [3.63, 3.8) is 0 Å². The van der Waals surface area contributed by atoms with Crippen molar-refractivity contribution in [3.05, 3.63) is 23.8 Å². The number of hydrogen-bond acceptors (Lipinski definition) is 4. The zero-order valence-electron chi connectivity index (χ0n) is 13.8. The van der Waals surface area contributed by atoms with E-state index in [0.29, 0.717) is 25.6 Å². The number of amides is 1. The molecule has 0 saturated carbocycles. The average Bonchev–Trinajstić information content (AvgIpc) is 2.60. The molecular formula is C18H26N2O3. The Balaban J connectivity index is 1.49. The van der Waals surface area contributed by atoms with Gasteiger partial charge < -0.3 is 20.1 Å². The summed E-state index contributed by atoms with van der Waals surface area (Å²) in [7, 11) is 0. The molecule has 23 heavy (non-hydrogen) atoms. The molecule has 5 heteroatoms. The molecule has 1 aromatic rings. The molecule has 0 spiro atoms. The number of fused-ring (bicyclic) bond motifs is 1. The predicted molar refractivity (Wildman–Crippen MR) is 88.8 cm³/mol. The van der Waals surface area contributed by atoms with Gasteiger partial charge in [0.2, 0.25) is 5.91 Å². The number of carbonyl (C=O) groups excluding carboxylic acids is 1. The van der Waals surface area contributed by atoms with E-state index >= 15 is 0 Å². The van der Waals surface area contributed by atoms with Gasteiger partial charge in [0.15, 0.2) is 11.5 Å². The van der Waals surface area contributed by atoms with Crippen molar-refractivity contribution in [2.45, 2.75) is 38.6 Å². The highest BCUT2D eigenvalue weighted by Gasteiger charge is 2.17. The van der Waals surface area contributed by atoms with Gasteiger partial charge in [-0.25, -0.2) is 0 Å². The van der Waals surface area contributed by atoms with Crippen LogP contribution in [0, 0.1) is 5.92 Å². The number of carbonyl (C=O) groups is 1. The summed E-state index contributed by atoms with van der Waals surface area (Å²) in [4.78, 5) is 12.2. The summed E-state index contributed by atoms with van der Waals surface area (Å²) in [6.07, 6.45) is 3.97. The Morgan fingerprint density at radius 2 is 2.00 bits per heavy atom. The van der Waals surface area contributed by atoms with E-state index in [9.17, 15) is 4.79 Å². The first-order valence-corrected chi connectivity index (χ1v) is 8.62. The van der Waals surface area contributed by atoms with Gasteiger partial charge in [-0.1, -0.05) is 6.07 Å². The van der Waals surface area contributed by atoms with Crippen LogP contribution in [0.5, 0.6) is 11.5 Å². The lowest BCUT2D eigenvalue weighted by atomic mass is 9.93. The molecule has 1 aromatic carbocycles. The normalized spacial score (nSPS) is 19.2. The Kier molecular flexibility index (Phi) is 5.39. The Bertz CT molecular complexity index is 541. The standard InChI is InChI=1S/C18H26N2O3/c1-13(15-3-4-16-17(12-15)23-11-10-22-16)20-18(21)5-2-14-6-8-19-9-7-14/h3-4,12-14,19H,2,5-11H2,1H3,(H,20,21). The van der Waals surface area contributed by atoms with Crippen LogP contribution in [0.25, 0.3) is 0 Å². The third-order valence-electron chi connectivity index (χ3n) is 4.68. The third-order valence-corrected chi connectivity index (χ3v) is 4.68. The van der Waals surface area contributed by atoms with Crippen molar-refractivity contribution < 1.29 is 14.3 Å². The molecule has 3 rings (SSSR count). The van der Waals surface area contributed by atoms with Crippen LogP contribution in [0.15, 0.2) is 18.2 Å². The molecule has 0 bridgehead atoms. The van der Waals surface area contributed by atoms with Gasteiger partial charge in [-0.3, -0.25) is 4.79 Å².